The van der Waals surface area contributed by atoms with Gasteiger partial charge in [-0.2, -0.15) is 11.3 Å². The van der Waals surface area contributed by atoms with Crippen molar-refractivity contribution in [3.05, 3.63) is 55.9 Å². The molecule has 1 heterocycles. The van der Waals surface area contributed by atoms with E-state index in [1.807, 2.05) is 6.07 Å². The molecule has 4 heteroatoms. The summed E-state index contributed by atoms with van der Waals surface area (Å²) in [5.74, 6) is -0.196. The van der Waals surface area contributed by atoms with Crippen LogP contribution in [0.4, 0.5) is 4.39 Å². The van der Waals surface area contributed by atoms with Gasteiger partial charge in [-0.25, -0.2) is 4.39 Å². The SMILES string of the molecule is CCCNC(Cc1cccc(F)c1Br)c1cscc1C. The van der Waals surface area contributed by atoms with E-state index in [0.29, 0.717) is 4.47 Å². The minimum atomic E-state index is -0.196. The van der Waals surface area contributed by atoms with Crippen LogP contribution in [0.2, 0.25) is 0 Å². The Morgan fingerprint density at radius 3 is 2.80 bits per heavy atom. The summed E-state index contributed by atoms with van der Waals surface area (Å²) in [5, 5.41) is 7.92. The highest BCUT2D eigenvalue weighted by molar-refractivity contribution is 9.10. The van der Waals surface area contributed by atoms with Crippen LogP contribution in [0.15, 0.2) is 33.4 Å². The lowest BCUT2D eigenvalue weighted by atomic mass is 9.98. The predicted octanol–water partition coefficient (Wildman–Crippen LogP) is 5.24. The first-order valence-electron chi connectivity index (χ1n) is 6.82. The van der Waals surface area contributed by atoms with E-state index in [1.165, 1.54) is 17.2 Å². The first-order valence-corrected chi connectivity index (χ1v) is 8.56. The quantitative estimate of drug-likeness (QED) is 0.746. The maximum atomic E-state index is 13.6. The normalized spacial score (nSPS) is 12.6. The molecule has 0 fully saturated rings. The number of thiophene rings is 1. The molecule has 0 spiro atoms. The Bertz CT molecular complexity index is 567. The minimum absolute atomic E-state index is 0.196. The highest BCUT2D eigenvalue weighted by Gasteiger charge is 2.17. The van der Waals surface area contributed by atoms with Crippen LogP contribution < -0.4 is 5.32 Å². The molecule has 1 nitrogen and oxygen atoms in total. The lowest BCUT2D eigenvalue weighted by Crippen LogP contribution is -2.24. The second-order valence-corrected chi connectivity index (χ2v) is 6.47. The van der Waals surface area contributed by atoms with Crippen molar-refractivity contribution in [2.24, 2.45) is 0 Å². The second kappa shape index (κ2) is 7.34. The summed E-state index contributed by atoms with van der Waals surface area (Å²) in [4.78, 5) is 0. The van der Waals surface area contributed by atoms with Crippen LogP contribution in [0.3, 0.4) is 0 Å². The van der Waals surface area contributed by atoms with Gasteiger partial charge in [0.15, 0.2) is 0 Å². The number of rotatable bonds is 6. The molecule has 2 rings (SSSR count). The van der Waals surface area contributed by atoms with Gasteiger partial charge in [0.05, 0.1) is 4.47 Å². The molecule has 0 radical (unpaired) electrons. The van der Waals surface area contributed by atoms with Crippen LogP contribution in [-0.4, -0.2) is 6.54 Å². The molecule has 0 saturated heterocycles. The van der Waals surface area contributed by atoms with E-state index in [-0.39, 0.29) is 11.9 Å². The van der Waals surface area contributed by atoms with Crippen LogP contribution in [0, 0.1) is 12.7 Å². The van der Waals surface area contributed by atoms with Gasteiger partial charge < -0.3 is 5.32 Å². The summed E-state index contributed by atoms with van der Waals surface area (Å²) in [7, 11) is 0. The van der Waals surface area contributed by atoms with Crippen molar-refractivity contribution in [3.63, 3.8) is 0 Å². The third kappa shape index (κ3) is 3.68. The van der Waals surface area contributed by atoms with Gasteiger partial charge >= 0.3 is 0 Å². The van der Waals surface area contributed by atoms with Crippen molar-refractivity contribution in [1.29, 1.82) is 0 Å². The summed E-state index contributed by atoms with van der Waals surface area (Å²) in [5.41, 5.74) is 3.62. The number of hydrogen-bond donors (Lipinski definition) is 1. The third-order valence-corrected chi connectivity index (χ3v) is 5.13. The van der Waals surface area contributed by atoms with Crippen LogP contribution in [-0.2, 0) is 6.42 Å². The van der Waals surface area contributed by atoms with E-state index in [0.717, 1.165) is 24.9 Å². The van der Waals surface area contributed by atoms with Gasteiger partial charge in [-0.3, -0.25) is 0 Å². The Morgan fingerprint density at radius 2 is 2.15 bits per heavy atom. The Morgan fingerprint density at radius 1 is 1.35 bits per heavy atom. The van der Waals surface area contributed by atoms with Gasteiger partial charge in [0.2, 0.25) is 0 Å². The van der Waals surface area contributed by atoms with E-state index in [4.69, 9.17) is 0 Å². The van der Waals surface area contributed by atoms with Gasteiger partial charge in [-0.15, -0.1) is 0 Å². The van der Waals surface area contributed by atoms with E-state index in [9.17, 15) is 4.39 Å². The minimum Gasteiger partial charge on any atom is -0.310 e. The summed E-state index contributed by atoms with van der Waals surface area (Å²) in [6, 6.07) is 5.47. The van der Waals surface area contributed by atoms with Gasteiger partial charge in [-0.05, 0) is 75.8 Å². The number of benzene rings is 1. The Balaban J connectivity index is 2.24. The lowest BCUT2D eigenvalue weighted by molar-refractivity contribution is 0.525. The van der Waals surface area contributed by atoms with Gasteiger partial charge in [0, 0.05) is 6.04 Å². The fourth-order valence-corrected chi connectivity index (χ4v) is 3.60. The van der Waals surface area contributed by atoms with Crippen molar-refractivity contribution in [3.8, 4) is 0 Å². The molecule has 0 amide bonds. The molecule has 0 aliphatic heterocycles. The zero-order chi connectivity index (χ0) is 14.5. The molecule has 20 heavy (non-hydrogen) atoms. The fraction of sp³-hybridized carbons (Fsp3) is 0.375. The Kier molecular flexibility index (Phi) is 5.75. The molecule has 0 bridgehead atoms. The Hall–Kier alpha value is -0.710. The van der Waals surface area contributed by atoms with E-state index in [1.54, 1.807) is 17.4 Å². The molecule has 108 valence electrons. The number of halogens is 2. The molecule has 1 aromatic heterocycles. The second-order valence-electron chi connectivity index (χ2n) is 4.93. The third-order valence-electron chi connectivity index (χ3n) is 3.37. The highest BCUT2D eigenvalue weighted by atomic mass is 79.9. The molecule has 1 aromatic carbocycles. The van der Waals surface area contributed by atoms with Crippen molar-refractivity contribution in [2.75, 3.05) is 6.54 Å². The molecule has 2 aromatic rings. The summed E-state index contributed by atoms with van der Waals surface area (Å²) in [6.07, 6.45) is 1.87. The summed E-state index contributed by atoms with van der Waals surface area (Å²) in [6.45, 7) is 5.25. The van der Waals surface area contributed by atoms with E-state index < -0.39 is 0 Å². The van der Waals surface area contributed by atoms with Gasteiger partial charge in [0.25, 0.3) is 0 Å². The topological polar surface area (TPSA) is 12.0 Å². The van der Waals surface area contributed by atoms with Crippen LogP contribution in [0.5, 0.6) is 0 Å². The molecular weight excluding hydrogens is 337 g/mol. The molecule has 1 N–H and O–H groups in total. The lowest BCUT2D eigenvalue weighted by Gasteiger charge is -2.20. The maximum absolute atomic E-state index is 13.6. The average Bonchev–Trinajstić information content (AvgIpc) is 2.85. The summed E-state index contributed by atoms with van der Waals surface area (Å²) >= 11 is 5.08. The van der Waals surface area contributed by atoms with Crippen LogP contribution in [0.1, 0.15) is 36.1 Å². The molecule has 0 aliphatic carbocycles. The first-order chi connectivity index (χ1) is 9.63. The fourth-order valence-electron chi connectivity index (χ4n) is 2.26. The predicted molar refractivity (Wildman–Crippen MR) is 87.9 cm³/mol. The number of hydrogen-bond acceptors (Lipinski definition) is 2. The van der Waals surface area contributed by atoms with Gasteiger partial charge in [0.1, 0.15) is 5.82 Å². The monoisotopic (exact) mass is 355 g/mol. The van der Waals surface area contributed by atoms with Crippen molar-refractivity contribution < 1.29 is 4.39 Å². The van der Waals surface area contributed by atoms with E-state index in [2.05, 4.69) is 45.9 Å². The Labute approximate surface area is 132 Å². The zero-order valence-electron chi connectivity index (χ0n) is 11.7. The van der Waals surface area contributed by atoms with Gasteiger partial charge in [-0.1, -0.05) is 19.1 Å². The molecule has 1 atom stereocenters. The summed E-state index contributed by atoms with van der Waals surface area (Å²) < 4.78 is 14.2. The van der Waals surface area contributed by atoms with Crippen molar-refractivity contribution in [2.45, 2.75) is 32.7 Å². The number of nitrogens with one attached hydrogen (secondary N) is 1. The smallest absolute Gasteiger partial charge is 0.137 e. The zero-order valence-corrected chi connectivity index (χ0v) is 14.2. The standard InChI is InChI=1S/C16H19BrFNS/c1-3-7-19-15(13-10-20-9-11(13)2)8-12-5-4-6-14(18)16(12)17/h4-6,9-10,15,19H,3,7-8H2,1-2H3. The van der Waals surface area contributed by atoms with Crippen LogP contribution in [0.25, 0.3) is 0 Å². The average molecular weight is 356 g/mol. The molecule has 1 unspecified atom stereocenters. The van der Waals surface area contributed by atoms with Crippen molar-refractivity contribution >= 4 is 27.3 Å². The van der Waals surface area contributed by atoms with Crippen LogP contribution >= 0.6 is 27.3 Å². The van der Waals surface area contributed by atoms with Crippen molar-refractivity contribution in [1.82, 2.24) is 5.32 Å². The highest BCUT2D eigenvalue weighted by Crippen LogP contribution is 2.29. The number of aryl methyl sites for hydroxylation is 1. The first kappa shape index (κ1) is 15.7. The van der Waals surface area contributed by atoms with E-state index >= 15 is 0 Å². The molecule has 0 saturated carbocycles. The molecular formula is C16H19BrFNS. The molecule has 0 aliphatic rings. The maximum Gasteiger partial charge on any atom is 0.137 e. The largest absolute Gasteiger partial charge is 0.310 e.